The number of alkyl halides is 1. The number of hydrogen-bond donors (Lipinski definition) is 0. The number of halogens is 1. The average Bonchev–Trinajstić information content (AvgIpc) is 2.98. The second-order valence-electron chi connectivity index (χ2n) is 4.92. The normalized spacial score (nSPS) is 16.1. The lowest BCUT2D eigenvalue weighted by molar-refractivity contribution is 0.605. The topological polar surface area (TPSA) is 41.9 Å². The minimum absolute atomic E-state index is 0.570. The molecule has 1 aliphatic carbocycles. The predicted molar refractivity (Wildman–Crippen MR) is 80.7 cm³/mol. The van der Waals surface area contributed by atoms with Gasteiger partial charge in [-0.3, -0.25) is 0 Å². The Morgan fingerprint density at radius 3 is 2.58 bits per heavy atom. The van der Waals surface area contributed by atoms with E-state index in [4.69, 9.17) is 0 Å². The fourth-order valence-corrected chi connectivity index (χ4v) is 3.13. The Kier molecular flexibility index (Phi) is 3.92. The summed E-state index contributed by atoms with van der Waals surface area (Å²) in [6.07, 6.45) is 5.10. The molecule has 1 aromatic carbocycles. The molecule has 100 valence electrons. The minimum Gasteiger partial charge on any atom is -0.336 e. The van der Waals surface area contributed by atoms with E-state index in [1.807, 2.05) is 24.3 Å². The molecule has 0 bridgehead atoms. The molecule has 4 nitrogen and oxygen atoms in total. The lowest BCUT2D eigenvalue weighted by Gasteiger charge is -2.27. The number of anilines is 1. The molecule has 2 aromatic rings. The number of para-hydroxylation sites is 1. The van der Waals surface area contributed by atoms with Crippen molar-refractivity contribution in [3.8, 4) is 0 Å². The lowest BCUT2D eigenvalue weighted by atomic mass is 10.2. The third kappa shape index (κ3) is 2.71. The molecule has 0 atom stereocenters. The van der Waals surface area contributed by atoms with E-state index in [-0.39, 0.29) is 0 Å². The summed E-state index contributed by atoms with van der Waals surface area (Å²) in [5.41, 5.74) is 1.78. The first-order valence-electron chi connectivity index (χ1n) is 6.80. The SMILES string of the molecule is BrCCN(c1nnc2ccccc2n1)C1CCCC1. The second-order valence-corrected chi connectivity index (χ2v) is 5.71. The Labute approximate surface area is 121 Å². The molecule has 1 aliphatic rings. The molecule has 5 heteroatoms. The maximum Gasteiger partial charge on any atom is 0.246 e. The highest BCUT2D eigenvalue weighted by molar-refractivity contribution is 9.09. The Bertz CT molecular complexity index is 554. The Hall–Kier alpha value is -1.23. The Morgan fingerprint density at radius 1 is 1.11 bits per heavy atom. The number of fused-ring (bicyclic) bond motifs is 1. The maximum atomic E-state index is 4.67. The molecular formula is C14H17BrN4. The number of benzene rings is 1. The van der Waals surface area contributed by atoms with Crippen molar-refractivity contribution in [2.45, 2.75) is 31.7 Å². The van der Waals surface area contributed by atoms with Crippen molar-refractivity contribution in [1.82, 2.24) is 15.2 Å². The molecule has 0 amide bonds. The van der Waals surface area contributed by atoms with E-state index in [0.29, 0.717) is 6.04 Å². The third-order valence-electron chi connectivity index (χ3n) is 3.70. The van der Waals surface area contributed by atoms with E-state index in [1.54, 1.807) is 0 Å². The highest BCUT2D eigenvalue weighted by atomic mass is 79.9. The molecule has 3 rings (SSSR count). The van der Waals surface area contributed by atoms with Gasteiger partial charge in [0, 0.05) is 17.9 Å². The fourth-order valence-electron chi connectivity index (χ4n) is 2.75. The zero-order valence-electron chi connectivity index (χ0n) is 10.8. The van der Waals surface area contributed by atoms with Crippen molar-refractivity contribution >= 4 is 32.9 Å². The lowest BCUT2D eigenvalue weighted by Crippen LogP contribution is -2.36. The van der Waals surface area contributed by atoms with Gasteiger partial charge in [0.15, 0.2) is 0 Å². The first kappa shape index (κ1) is 12.8. The molecule has 1 fully saturated rings. The molecule has 1 heterocycles. The Balaban J connectivity index is 1.94. The molecule has 0 spiro atoms. The molecule has 1 aromatic heterocycles. The molecule has 19 heavy (non-hydrogen) atoms. The van der Waals surface area contributed by atoms with Crippen molar-refractivity contribution in [3.63, 3.8) is 0 Å². The van der Waals surface area contributed by atoms with E-state index in [2.05, 4.69) is 36.0 Å². The monoisotopic (exact) mass is 320 g/mol. The first-order chi connectivity index (χ1) is 9.38. The third-order valence-corrected chi connectivity index (χ3v) is 4.05. The van der Waals surface area contributed by atoms with Crippen molar-refractivity contribution in [1.29, 1.82) is 0 Å². The van der Waals surface area contributed by atoms with Crippen LogP contribution in [-0.2, 0) is 0 Å². The van der Waals surface area contributed by atoms with E-state index in [0.717, 1.165) is 28.9 Å². The summed E-state index contributed by atoms with van der Waals surface area (Å²) in [6.45, 7) is 0.935. The molecule has 0 unspecified atom stereocenters. The van der Waals surface area contributed by atoms with Crippen LogP contribution in [0.4, 0.5) is 5.95 Å². The summed E-state index contributed by atoms with van der Waals surface area (Å²) in [5, 5.41) is 9.53. The minimum atomic E-state index is 0.570. The number of rotatable bonds is 4. The van der Waals surface area contributed by atoms with Gasteiger partial charge in [0.25, 0.3) is 0 Å². The fraction of sp³-hybridized carbons (Fsp3) is 0.500. The molecule has 0 radical (unpaired) electrons. The highest BCUT2D eigenvalue weighted by Crippen LogP contribution is 2.26. The summed E-state index contributed by atoms with van der Waals surface area (Å²) >= 11 is 3.53. The smallest absolute Gasteiger partial charge is 0.246 e. The highest BCUT2D eigenvalue weighted by Gasteiger charge is 2.24. The van der Waals surface area contributed by atoms with Crippen LogP contribution in [0.25, 0.3) is 11.0 Å². The van der Waals surface area contributed by atoms with Crippen LogP contribution < -0.4 is 4.90 Å². The van der Waals surface area contributed by atoms with Crippen LogP contribution in [0.1, 0.15) is 25.7 Å². The van der Waals surface area contributed by atoms with E-state index < -0.39 is 0 Å². The summed E-state index contributed by atoms with van der Waals surface area (Å²) in [7, 11) is 0. The summed E-state index contributed by atoms with van der Waals surface area (Å²) in [4.78, 5) is 6.98. The number of nitrogens with zero attached hydrogens (tertiary/aromatic N) is 4. The average molecular weight is 321 g/mol. The van der Waals surface area contributed by atoms with Crippen LogP contribution >= 0.6 is 15.9 Å². The molecular weight excluding hydrogens is 304 g/mol. The van der Waals surface area contributed by atoms with Crippen molar-refractivity contribution < 1.29 is 0 Å². The zero-order chi connectivity index (χ0) is 13.1. The van der Waals surface area contributed by atoms with Gasteiger partial charge >= 0.3 is 0 Å². The van der Waals surface area contributed by atoms with Gasteiger partial charge in [-0.15, -0.1) is 10.2 Å². The summed E-state index contributed by atoms with van der Waals surface area (Å²) < 4.78 is 0. The maximum absolute atomic E-state index is 4.67. The summed E-state index contributed by atoms with van der Waals surface area (Å²) in [5.74, 6) is 0.769. The first-order valence-corrected chi connectivity index (χ1v) is 7.93. The van der Waals surface area contributed by atoms with Gasteiger partial charge in [-0.2, -0.15) is 0 Å². The van der Waals surface area contributed by atoms with Gasteiger partial charge in [-0.05, 0) is 25.0 Å². The number of hydrogen-bond acceptors (Lipinski definition) is 4. The molecule has 1 saturated carbocycles. The van der Waals surface area contributed by atoms with Crippen LogP contribution in [0.5, 0.6) is 0 Å². The van der Waals surface area contributed by atoms with Gasteiger partial charge < -0.3 is 4.90 Å². The number of aromatic nitrogens is 3. The van der Waals surface area contributed by atoms with Crippen LogP contribution in [0, 0.1) is 0 Å². The van der Waals surface area contributed by atoms with Gasteiger partial charge in [-0.25, -0.2) is 4.98 Å². The van der Waals surface area contributed by atoms with Gasteiger partial charge in [0.2, 0.25) is 5.95 Å². The standard InChI is InChI=1S/C14H17BrN4/c15-9-10-19(11-5-1-2-6-11)14-16-12-7-3-4-8-13(12)17-18-14/h3-4,7-8,11H,1-2,5-6,9-10H2. The van der Waals surface area contributed by atoms with E-state index in [9.17, 15) is 0 Å². The van der Waals surface area contributed by atoms with Crippen LogP contribution in [0.15, 0.2) is 24.3 Å². The van der Waals surface area contributed by atoms with Crippen LogP contribution in [0.2, 0.25) is 0 Å². The van der Waals surface area contributed by atoms with E-state index in [1.165, 1.54) is 25.7 Å². The van der Waals surface area contributed by atoms with Crippen LogP contribution in [0.3, 0.4) is 0 Å². The van der Waals surface area contributed by atoms with Gasteiger partial charge in [0.05, 0.1) is 5.52 Å². The molecule has 0 aliphatic heterocycles. The van der Waals surface area contributed by atoms with Crippen molar-refractivity contribution in [2.24, 2.45) is 0 Å². The predicted octanol–water partition coefficient (Wildman–Crippen LogP) is 3.17. The Morgan fingerprint density at radius 2 is 1.84 bits per heavy atom. The van der Waals surface area contributed by atoms with Crippen molar-refractivity contribution in [2.75, 3.05) is 16.8 Å². The van der Waals surface area contributed by atoms with E-state index >= 15 is 0 Å². The van der Waals surface area contributed by atoms with Crippen LogP contribution in [-0.4, -0.2) is 33.1 Å². The van der Waals surface area contributed by atoms with Gasteiger partial charge in [-0.1, -0.05) is 40.9 Å². The second kappa shape index (κ2) is 5.82. The molecule has 0 saturated heterocycles. The summed E-state index contributed by atoms with van der Waals surface area (Å²) in [6, 6.07) is 8.47. The zero-order valence-corrected chi connectivity index (χ0v) is 12.4. The molecule has 0 N–H and O–H groups in total. The van der Waals surface area contributed by atoms with Crippen molar-refractivity contribution in [3.05, 3.63) is 24.3 Å². The largest absolute Gasteiger partial charge is 0.336 e. The van der Waals surface area contributed by atoms with Gasteiger partial charge in [0.1, 0.15) is 5.52 Å². The quantitative estimate of drug-likeness (QED) is 0.811.